The van der Waals surface area contributed by atoms with Crippen molar-refractivity contribution in [1.82, 2.24) is 0 Å². The minimum Gasteiger partial charge on any atom is -0.691 e. The molecule has 0 saturated heterocycles. The summed E-state index contributed by atoms with van der Waals surface area (Å²) in [4.78, 5) is 3.96. The van der Waals surface area contributed by atoms with Gasteiger partial charge in [0.25, 0.3) is 0 Å². The molecule has 0 aliphatic carbocycles. The van der Waals surface area contributed by atoms with Crippen LogP contribution in [0.4, 0.5) is 0 Å². The van der Waals surface area contributed by atoms with Gasteiger partial charge in [-0.15, -0.1) is 7.05 Å². The second-order valence-corrected chi connectivity index (χ2v) is 3.22. The summed E-state index contributed by atoms with van der Waals surface area (Å²) in [5.74, 6) is 0. The van der Waals surface area contributed by atoms with Gasteiger partial charge in [0.1, 0.15) is 0 Å². The molecule has 0 saturated carbocycles. The van der Waals surface area contributed by atoms with Crippen LogP contribution in [-0.2, 0) is 26.2 Å². The molecule has 112 valence electrons. The van der Waals surface area contributed by atoms with Crippen LogP contribution in [0, 0.1) is 0 Å². The molecule has 0 amide bonds. The molecule has 0 fully saturated rings. The summed E-state index contributed by atoms with van der Waals surface area (Å²) in [7, 11) is 14.0. The second-order valence-electron chi connectivity index (χ2n) is 3.22. The minimum absolute atomic E-state index is 0. The fourth-order valence-corrected chi connectivity index (χ4v) is 0.431. The van der Waals surface area contributed by atoms with E-state index >= 15 is 0 Å². The molecular weight excluding hydrogens is 317 g/mol. The quantitative estimate of drug-likeness (QED) is 0.680. The fraction of sp³-hybridized carbons (Fsp3) is 0.769. The predicted molar refractivity (Wildman–Crippen MR) is 87.7 cm³/mol. The molecule has 0 aliphatic heterocycles. The van der Waals surface area contributed by atoms with Gasteiger partial charge in [-0.3, -0.25) is 4.99 Å². The van der Waals surface area contributed by atoms with Gasteiger partial charge in [-0.2, -0.15) is 48.0 Å². The Morgan fingerprint density at radius 2 is 1.05 bits per heavy atom. The summed E-state index contributed by atoms with van der Waals surface area (Å²) >= 11 is 0. The van der Waals surface area contributed by atoms with Crippen molar-refractivity contribution in [2.45, 2.75) is 13.8 Å². The van der Waals surface area contributed by atoms with E-state index in [1.54, 1.807) is 56.4 Å². The van der Waals surface area contributed by atoms with Crippen LogP contribution in [0.2, 0.25) is 0 Å². The Labute approximate surface area is 140 Å². The fourth-order valence-electron chi connectivity index (χ4n) is 0.431. The molecule has 0 atom stereocenters. The van der Waals surface area contributed by atoms with E-state index in [4.69, 9.17) is 0 Å². The van der Waals surface area contributed by atoms with Crippen molar-refractivity contribution in [1.29, 1.82) is 0 Å². The molecule has 0 N–H and O–H groups in total. The third kappa shape index (κ3) is 72.1. The first-order valence-electron chi connectivity index (χ1n) is 5.60. The van der Waals surface area contributed by atoms with Crippen molar-refractivity contribution in [3.63, 3.8) is 0 Å². The first-order valence-corrected chi connectivity index (χ1v) is 5.60. The number of nitrogens with zero attached hydrogens (tertiary/aromatic N) is 5. The molecule has 6 heteroatoms. The molecule has 5 nitrogen and oxygen atoms in total. The number of hydrogen-bond donors (Lipinski definition) is 0. The molecule has 0 aromatic rings. The average Bonchev–Trinajstić information content (AvgIpc) is 2.31. The van der Waals surface area contributed by atoms with E-state index in [2.05, 4.69) is 26.3 Å². The number of rotatable bonds is 2. The Morgan fingerprint density at radius 3 is 1.21 bits per heavy atom. The molecular formula is C13H31N5Zr. The third-order valence-electron chi connectivity index (χ3n) is 1.12. The van der Waals surface area contributed by atoms with Gasteiger partial charge in [-0.05, 0) is 6.92 Å². The molecule has 0 heterocycles. The first kappa shape index (κ1) is 31.4. The Kier molecular flexibility index (Phi) is 59.7. The molecule has 0 aromatic heterocycles. The van der Waals surface area contributed by atoms with Crippen LogP contribution >= 0.6 is 0 Å². The van der Waals surface area contributed by atoms with Crippen LogP contribution < -0.4 is 0 Å². The van der Waals surface area contributed by atoms with Gasteiger partial charge in [0.2, 0.25) is 0 Å². The summed E-state index contributed by atoms with van der Waals surface area (Å²) in [5.41, 5.74) is 2.02. The van der Waals surface area contributed by atoms with Crippen LogP contribution in [0.15, 0.2) is 16.8 Å². The zero-order valence-electron chi connectivity index (χ0n) is 14.3. The van der Waals surface area contributed by atoms with Crippen molar-refractivity contribution in [3.05, 3.63) is 33.0 Å². The second kappa shape index (κ2) is 36.1. The van der Waals surface area contributed by atoms with E-state index < -0.39 is 0 Å². The predicted octanol–water partition coefficient (Wildman–Crippen LogP) is 3.84. The van der Waals surface area contributed by atoms with Crippen LogP contribution in [0.5, 0.6) is 0 Å². The average molecular weight is 349 g/mol. The van der Waals surface area contributed by atoms with Gasteiger partial charge >= 0.3 is 26.2 Å². The number of allylic oxidation sites excluding steroid dienone is 2. The van der Waals surface area contributed by atoms with E-state index in [-0.39, 0.29) is 26.2 Å². The largest absolute Gasteiger partial charge is 4.00 e. The van der Waals surface area contributed by atoms with Gasteiger partial charge in [-0.1, -0.05) is 13.0 Å². The summed E-state index contributed by atoms with van der Waals surface area (Å²) in [6.45, 7) is 3.91. The van der Waals surface area contributed by atoms with Crippen molar-refractivity contribution in [2.24, 2.45) is 4.99 Å². The standard InChI is InChI=1S/C7H13N2.3C2H6N.Zr/c1-6(8-3)5-7(2)9-4;3*1-3-2;/h5H,1-4H3;3*1-2H3;/q4*-1;+4/b6-5-,9-7?;;;;. The number of aliphatic imine (C=N–C) groups is 1. The summed E-state index contributed by atoms with van der Waals surface area (Å²) in [6, 6.07) is 0. The maximum absolute atomic E-state index is 3.96. The normalized spacial score (nSPS) is 9.37. The Bertz CT molecular complexity index is 177. The Balaban J connectivity index is -0.0000000548. The summed E-state index contributed by atoms with van der Waals surface area (Å²) < 4.78 is 0. The number of hydrogen-bond acceptors (Lipinski definition) is 1. The zero-order chi connectivity index (χ0) is 15.4. The van der Waals surface area contributed by atoms with Crippen molar-refractivity contribution in [2.75, 3.05) is 56.4 Å². The van der Waals surface area contributed by atoms with Gasteiger partial charge in [0.05, 0.1) is 0 Å². The topological polar surface area (TPSA) is 68.8 Å². The third-order valence-corrected chi connectivity index (χ3v) is 1.12. The molecule has 0 aliphatic rings. The van der Waals surface area contributed by atoms with Gasteiger partial charge in [-0.25, -0.2) is 0 Å². The maximum Gasteiger partial charge on any atom is 4.00 e. The van der Waals surface area contributed by atoms with Gasteiger partial charge in [0, 0.05) is 12.8 Å². The van der Waals surface area contributed by atoms with Gasteiger partial charge in [0.15, 0.2) is 0 Å². The maximum atomic E-state index is 3.96. The monoisotopic (exact) mass is 347 g/mol. The van der Waals surface area contributed by atoms with Crippen LogP contribution in [0.3, 0.4) is 0 Å². The zero-order valence-corrected chi connectivity index (χ0v) is 16.8. The van der Waals surface area contributed by atoms with E-state index in [1.165, 1.54) is 0 Å². The molecule has 0 rings (SSSR count). The summed E-state index contributed by atoms with van der Waals surface area (Å²) in [6.07, 6.45) is 1.94. The molecule has 0 radical (unpaired) electrons. The van der Waals surface area contributed by atoms with E-state index in [9.17, 15) is 0 Å². The minimum atomic E-state index is 0. The van der Waals surface area contributed by atoms with E-state index in [0.29, 0.717) is 0 Å². The van der Waals surface area contributed by atoms with Crippen molar-refractivity contribution >= 4 is 5.71 Å². The van der Waals surface area contributed by atoms with Gasteiger partial charge < -0.3 is 21.3 Å². The Morgan fingerprint density at radius 1 is 0.789 bits per heavy atom. The van der Waals surface area contributed by atoms with Crippen molar-refractivity contribution < 1.29 is 26.2 Å². The molecule has 0 bridgehead atoms. The van der Waals surface area contributed by atoms with E-state index in [1.807, 2.05) is 19.9 Å². The Hall–Kier alpha value is -0.0269. The smallest absolute Gasteiger partial charge is 0.691 e. The van der Waals surface area contributed by atoms with Crippen molar-refractivity contribution in [3.8, 4) is 0 Å². The van der Waals surface area contributed by atoms with Crippen LogP contribution in [-0.4, -0.2) is 62.1 Å². The molecule has 0 aromatic carbocycles. The van der Waals surface area contributed by atoms with E-state index in [0.717, 1.165) is 11.4 Å². The van der Waals surface area contributed by atoms with Crippen LogP contribution in [0.1, 0.15) is 13.8 Å². The molecule has 19 heavy (non-hydrogen) atoms. The van der Waals surface area contributed by atoms with Crippen LogP contribution in [0.25, 0.3) is 21.3 Å². The SMILES string of the molecule is CN=C(C)/C=C(/C)[N-]C.C[N-]C.C[N-]C.C[N-]C.[Zr+4]. The first-order chi connectivity index (χ1) is 8.44. The summed E-state index contributed by atoms with van der Waals surface area (Å²) in [5, 5.41) is 14.5. The molecule has 0 spiro atoms. The molecule has 0 unspecified atom stereocenters.